The Morgan fingerprint density at radius 3 is 2.72 bits per heavy atom. The molecule has 0 radical (unpaired) electrons. The Bertz CT molecular complexity index is 1310. The fourth-order valence-electron chi connectivity index (χ4n) is 6.19. The molecule has 3 aliphatic heterocycles. The zero-order valence-electron chi connectivity index (χ0n) is 20.8. The van der Waals surface area contributed by atoms with Crippen molar-refractivity contribution in [3.05, 3.63) is 60.0 Å². The minimum atomic E-state index is -0.546. The maximum absolute atomic E-state index is 9.84. The van der Waals surface area contributed by atoms with Gasteiger partial charge in [0.05, 0.1) is 35.1 Å². The first kappa shape index (κ1) is 23.2. The molecule has 5 heterocycles. The standard InChI is InChI=1S/C28H32N6O2/c1-19-12-33(26-6-5-21(11-29)27-24(26)4-3-8-31-27)14-23(36-19)13-32-15-28(16-32)17-34(18-28)22-7-9-30-25(10-22)20(2)35/h3-10,19-20,23,35H,12-18H2,1-2H3/t19-,20?,23+/m1/s1. The molecule has 0 amide bonds. The van der Waals surface area contributed by atoms with Crippen LogP contribution in [0.15, 0.2) is 48.8 Å². The second-order valence-corrected chi connectivity index (χ2v) is 10.8. The zero-order chi connectivity index (χ0) is 24.9. The van der Waals surface area contributed by atoms with Crippen LogP contribution in [0, 0.1) is 16.7 Å². The van der Waals surface area contributed by atoms with Crippen LogP contribution in [0.4, 0.5) is 11.4 Å². The summed E-state index contributed by atoms with van der Waals surface area (Å²) in [6, 6.07) is 14.2. The summed E-state index contributed by atoms with van der Waals surface area (Å²) in [7, 11) is 0. The number of aliphatic hydroxyl groups excluding tert-OH is 1. The van der Waals surface area contributed by atoms with E-state index in [1.54, 1.807) is 19.3 Å². The molecule has 186 valence electrons. The molecule has 3 saturated heterocycles. The van der Waals surface area contributed by atoms with Crippen molar-refractivity contribution in [2.45, 2.75) is 32.2 Å². The SMILES string of the molecule is CC(O)c1cc(N2CC3(CN(C[C@H]4CN(c5ccc(C#N)c6ncccc56)C[C@@H](C)O4)C3)C2)ccn1. The average Bonchev–Trinajstić information content (AvgIpc) is 2.83. The van der Waals surface area contributed by atoms with Crippen LogP contribution in [-0.2, 0) is 4.74 Å². The van der Waals surface area contributed by atoms with E-state index >= 15 is 0 Å². The molecule has 0 saturated carbocycles. The van der Waals surface area contributed by atoms with E-state index in [1.165, 1.54) is 0 Å². The summed E-state index contributed by atoms with van der Waals surface area (Å²) in [6.45, 7) is 10.8. The van der Waals surface area contributed by atoms with Crippen LogP contribution in [0.25, 0.3) is 10.9 Å². The number of likely N-dealkylation sites (tertiary alicyclic amines) is 1. The van der Waals surface area contributed by atoms with Gasteiger partial charge in [-0.1, -0.05) is 0 Å². The van der Waals surface area contributed by atoms with Gasteiger partial charge in [0.1, 0.15) is 6.07 Å². The Labute approximate surface area is 211 Å². The van der Waals surface area contributed by atoms with E-state index < -0.39 is 6.10 Å². The van der Waals surface area contributed by atoms with Gasteiger partial charge in [0, 0.05) is 80.4 Å². The predicted octanol–water partition coefficient (Wildman–Crippen LogP) is 2.97. The molecule has 1 aromatic carbocycles. The summed E-state index contributed by atoms with van der Waals surface area (Å²) in [5.74, 6) is 0. The largest absolute Gasteiger partial charge is 0.387 e. The van der Waals surface area contributed by atoms with Crippen molar-refractivity contribution in [2.75, 3.05) is 55.6 Å². The highest BCUT2D eigenvalue weighted by atomic mass is 16.5. The number of fused-ring (bicyclic) bond motifs is 1. The molecule has 2 aromatic heterocycles. The minimum absolute atomic E-state index is 0.135. The third kappa shape index (κ3) is 4.17. The van der Waals surface area contributed by atoms with Crippen LogP contribution < -0.4 is 9.80 Å². The Hall–Kier alpha value is -3.25. The molecule has 1 N–H and O–H groups in total. The van der Waals surface area contributed by atoms with E-state index in [2.05, 4.69) is 49.8 Å². The third-order valence-electron chi connectivity index (χ3n) is 7.72. The Morgan fingerprint density at radius 1 is 1.11 bits per heavy atom. The van der Waals surface area contributed by atoms with Gasteiger partial charge in [-0.2, -0.15) is 5.26 Å². The van der Waals surface area contributed by atoms with Crippen LogP contribution in [-0.4, -0.2) is 78.0 Å². The van der Waals surface area contributed by atoms with Crippen LogP contribution in [0.5, 0.6) is 0 Å². The second kappa shape index (κ2) is 9.00. The van der Waals surface area contributed by atoms with E-state index in [0.29, 0.717) is 11.0 Å². The highest BCUT2D eigenvalue weighted by Crippen LogP contribution is 2.42. The number of nitrogens with zero attached hydrogens (tertiary/aromatic N) is 6. The van der Waals surface area contributed by atoms with Crippen molar-refractivity contribution in [3.63, 3.8) is 0 Å². The van der Waals surface area contributed by atoms with Crippen molar-refractivity contribution >= 4 is 22.3 Å². The van der Waals surface area contributed by atoms with E-state index in [-0.39, 0.29) is 12.2 Å². The molecule has 36 heavy (non-hydrogen) atoms. The van der Waals surface area contributed by atoms with E-state index in [9.17, 15) is 10.4 Å². The quantitative estimate of drug-likeness (QED) is 0.591. The van der Waals surface area contributed by atoms with Gasteiger partial charge in [-0.3, -0.25) is 14.9 Å². The predicted molar refractivity (Wildman–Crippen MR) is 139 cm³/mol. The fourth-order valence-corrected chi connectivity index (χ4v) is 6.19. The first-order chi connectivity index (χ1) is 17.4. The number of anilines is 2. The van der Waals surface area contributed by atoms with Crippen molar-refractivity contribution in [3.8, 4) is 6.07 Å². The van der Waals surface area contributed by atoms with Gasteiger partial charge in [0.2, 0.25) is 0 Å². The molecule has 0 bridgehead atoms. The summed E-state index contributed by atoms with van der Waals surface area (Å²) in [5, 5.41) is 20.4. The monoisotopic (exact) mass is 484 g/mol. The number of benzene rings is 1. The van der Waals surface area contributed by atoms with E-state index in [1.807, 2.05) is 24.3 Å². The summed E-state index contributed by atoms with van der Waals surface area (Å²) >= 11 is 0. The fraction of sp³-hybridized carbons (Fsp3) is 0.464. The minimum Gasteiger partial charge on any atom is -0.387 e. The molecular formula is C28H32N6O2. The van der Waals surface area contributed by atoms with Gasteiger partial charge in [0.15, 0.2) is 0 Å². The Kier molecular flexibility index (Phi) is 5.79. The molecule has 8 heteroatoms. The molecule has 3 fully saturated rings. The van der Waals surface area contributed by atoms with Gasteiger partial charge >= 0.3 is 0 Å². The molecule has 8 nitrogen and oxygen atoms in total. The van der Waals surface area contributed by atoms with Gasteiger partial charge in [0.25, 0.3) is 0 Å². The molecule has 3 atom stereocenters. The summed E-state index contributed by atoms with van der Waals surface area (Å²) in [5.41, 5.74) is 4.74. The van der Waals surface area contributed by atoms with Crippen molar-refractivity contribution < 1.29 is 9.84 Å². The van der Waals surface area contributed by atoms with Gasteiger partial charge < -0.3 is 19.6 Å². The van der Waals surface area contributed by atoms with Gasteiger partial charge in [-0.25, -0.2) is 0 Å². The second-order valence-electron chi connectivity index (χ2n) is 10.8. The third-order valence-corrected chi connectivity index (χ3v) is 7.72. The van der Waals surface area contributed by atoms with Crippen LogP contribution in [0.1, 0.15) is 31.2 Å². The van der Waals surface area contributed by atoms with Crippen LogP contribution in [0.2, 0.25) is 0 Å². The van der Waals surface area contributed by atoms with Crippen molar-refractivity contribution in [1.82, 2.24) is 14.9 Å². The molecule has 1 unspecified atom stereocenters. The van der Waals surface area contributed by atoms with Crippen molar-refractivity contribution in [1.29, 1.82) is 5.26 Å². The molecule has 3 aliphatic rings. The molecule has 0 aliphatic carbocycles. The summed E-state index contributed by atoms with van der Waals surface area (Å²) < 4.78 is 6.35. The number of morpholine rings is 1. The summed E-state index contributed by atoms with van der Waals surface area (Å²) in [4.78, 5) is 16.0. The Balaban J connectivity index is 1.08. The van der Waals surface area contributed by atoms with Gasteiger partial charge in [-0.05, 0) is 50.2 Å². The smallest absolute Gasteiger partial charge is 0.101 e. The number of nitriles is 1. The maximum Gasteiger partial charge on any atom is 0.101 e. The van der Waals surface area contributed by atoms with Crippen LogP contribution >= 0.6 is 0 Å². The molecular weight excluding hydrogens is 452 g/mol. The Morgan fingerprint density at radius 2 is 1.94 bits per heavy atom. The molecule has 3 aromatic rings. The number of aromatic nitrogens is 2. The molecule has 6 rings (SSSR count). The number of ether oxygens (including phenoxy) is 1. The lowest BCUT2D eigenvalue weighted by Crippen LogP contribution is -2.73. The van der Waals surface area contributed by atoms with Crippen LogP contribution in [0.3, 0.4) is 0 Å². The number of pyridine rings is 2. The lowest BCUT2D eigenvalue weighted by Gasteiger charge is -2.61. The van der Waals surface area contributed by atoms with E-state index in [0.717, 1.165) is 73.8 Å². The maximum atomic E-state index is 9.84. The van der Waals surface area contributed by atoms with Crippen molar-refractivity contribution in [2.24, 2.45) is 5.41 Å². The number of hydrogen-bond acceptors (Lipinski definition) is 8. The highest BCUT2D eigenvalue weighted by molar-refractivity contribution is 5.95. The highest BCUT2D eigenvalue weighted by Gasteiger charge is 2.52. The number of rotatable bonds is 5. The number of aliphatic hydroxyl groups is 1. The molecule has 1 spiro atoms. The average molecular weight is 485 g/mol. The lowest BCUT2D eigenvalue weighted by atomic mass is 9.72. The first-order valence-corrected chi connectivity index (χ1v) is 12.7. The van der Waals surface area contributed by atoms with Gasteiger partial charge in [-0.15, -0.1) is 0 Å². The topological polar surface area (TPSA) is 88.8 Å². The zero-order valence-corrected chi connectivity index (χ0v) is 20.8. The first-order valence-electron chi connectivity index (χ1n) is 12.7. The normalized spacial score (nSPS) is 24.3. The lowest BCUT2D eigenvalue weighted by molar-refractivity contribution is -0.0809. The summed E-state index contributed by atoms with van der Waals surface area (Å²) in [6.07, 6.45) is 3.26. The number of hydrogen-bond donors (Lipinski definition) is 1. The van der Waals surface area contributed by atoms with E-state index in [4.69, 9.17) is 4.74 Å².